The van der Waals surface area contributed by atoms with E-state index in [1.54, 1.807) is 16.7 Å². The monoisotopic (exact) mass is 317 g/mol. The molecule has 7 heteroatoms. The van der Waals surface area contributed by atoms with E-state index >= 15 is 0 Å². The third-order valence-corrected chi connectivity index (χ3v) is 4.57. The zero-order valence-corrected chi connectivity index (χ0v) is 13.8. The minimum absolute atomic E-state index is 0.0174. The molecule has 0 atom stereocenters. The molecule has 0 aliphatic rings. The SMILES string of the molecule is Cc1n[nH]c(C)c1CCN(C)Cc1cc(=O)n2ccsc2n1. The van der Waals surface area contributed by atoms with Crippen LogP contribution in [0.25, 0.3) is 4.96 Å². The van der Waals surface area contributed by atoms with Crippen molar-refractivity contribution in [3.63, 3.8) is 0 Å². The van der Waals surface area contributed by atoms with Crippen molar-refractivity contribution in [2.45, 2.75) is 26.8 Å². The van der Waals surface area contributed by atoms with Gasteiger partial charge in [0.25, 0.3) is 5.56 Å². The molecule has 3 rings (SSSR count). The Labute approximate surface area is 132 Å². The lowest BCUT2D eigenvalue weighted by Gasteiger charge is -2.16. The Hall–Kier alpha value is -1.99. The predicted octanol–water partition coefficient (Wildman–Crippen LogP) is 1.77. The highest BCUT2D eigenvalue weighted by molar-refractivity contribution is 7.15. The van der Waals surface area contributed by atoms with Crippen LogP contribution in [0.4, 0.5) is 0 Å². The second kappa shape index (κ2) is 6.02. The standard InChI is InChI=1S/C15H19N5OS/c1-10-13(11(2)18-17-10)4-5-19(3)9-12-8-14(21)20-6-7-22-15(20)16-12/h6-8H,4-5,9H2,1-3H3,(H,17,18). The van der Waals surface area contributed by atoms with Gasteiger partial charge in [0.1, 0.15) is 0 Å². The highest BCUT2D eigenvalue weighted by Crippen LogP contribution is 2.11. The molecule has 22 heavy (non-hydrogen) atoms. The molecule has 0 amide bonds. The number of aryl methyl sites for hydroxylation is 2. The molecule has 0 unspecified atom stereocenters. The number of hydrogen-bond donors (Lipinski definition) is 1. The summed E-state index contributed by atoms with van der Waals surface area (Å²) in [5.74, 6) is 0. The van der Waals surface area contributed by atoms with E-state index in [1.807, 2.05) is 26.3 Å². The first kappa shape index (κ1) is 14.9. The molecule has 3 heterocycles. The van der Waals surface area contributed by atoms with Crippen LogP contribution in [0.15, 0.2) is 22.4 Å². The number of nitrogens with zero attached hydrogens (tertiary/aromatic N) is 4. The van der Waals surface area contributed by atoms with Crippen molar-refractivity contribution in [2.24, 2.45) is 0 Å². The molecule has 1 N–H and O–H groups in total. The third-order valence-electron chi connectivity index (χ3n) is 3.81. The summed E-state index contributed by atoms with van der Waals surface area (Å²) in [5.41, 5.74) is 4.25. The molecule has 0 fully saturated rings. The van der Waals surface area contributed by atoms with Crippen LogP contribution < -0.4 is 5.56 Å². The number of thiazole rings is 1. The van der Waals surface area contributed by atoms with Gasteiger partial charge in [0, 0.05) is 36.4 Å². The number of fused-ring (bicyclic) bond motifs is 1. The number of nitrogens with one attached hydrogen (secondary N) is 1. The summed E-state index contributed by atoms with van der Waals surface area (Å²) in [7, 11) is 2.04. The molecule has 0 aromatic carbocycles. The molecular weight excluding hydrogens is 298 g/mol. The van der Waals surface area contributed by atoms with Crippen LogP contribution in [0, 0.1) is 13.8 Å². The number of hydrogen-bond acceptors (Lipinski definition) is 5. The minimum atomic E-state index is -0.0174. The number of rotatable bonds is 5. The summed E-state index contributed by atoms with van der Waals surface area (Å²) in [4.78, 5) is 19.4. The predicted molar refractivity (Wildman–Crippen MR) is 87.4 cm³/mol. The summed E-state index contributed by atoms with van der Waals surface area (Å²) >= 11 is 1.48. The first-order valence-electron chi connectivity index (χ1n) is 7.19. The Morgan fingerprint density at radius 3 is 2.95 bits per heavy atom. The van der Waals surface area contributed by atoms with Crippen LogP contribution in [-0.4, -0.2) is 38.1 Å². The molecule has 0 aliphatic carbocycles. The van der Waals surface area contributed by atoms with Crippen molar-refractivity contribution < 1.29 is 0 Å². The van der Waals surface area contributed by atoms with Crippen LogP contribution in [0.3, 0.4) is 0 Å². The number of aromatic amines is 1. The van der Waals surface area contributed by atoms with Gasteiger partial charge in [-0.25, -0.2) is 4.98 Å². The maximum atomic E-state index is 12.0. The Balaban J connectivity index is 1.68. The summed E-state index contributed by atoms with van der Waals surface area (Å²) in [6.45, 7) is 5.63. The summed E-state index contributed by atoms with van der Waals surface area (Å²) < 4.78 is 1.58. The highest BCUT2D eigenvalue weighted by atomic mass is 32.1. The topological polar surface area (TPSA) is 66.3 Å². The van der Waals surface area contributed by atoms with E-state index in [0.717, 1.165) is 35.0 Å². The van der Waals surface area contributed by atoms with Crippen molar-refractivity contribution in [3.05, 3.63) is 50.6 Å². The Kier molecular flexibility index (Phi) is 4.08. The first-order chi connectivity index (χ1) is 10.5. The van der Waals surface area contributed by atoms with Crippen molar-refractivity contribution in [1.29, 1.82) is 0 Å². The van der Waals surface area contributed by atoms with Crippen molar-refractivity contribution in [3.8, 4) is 0 Å². The molecule has 0 radical (unpaired) electrons. The Bertz CT molecular complexity index is 828. The van der Waals surface area contributed by atoms with Gasteiger partial charge >= 0.3 is 0 Å². The molecular formula is C15H19N5OS. The van der Waals surface area contributed by atoms with E-state index in [4.69, 9.17) is 0 Å². The first-order valence-corrected chi connectivity index (χ1v) is 8.07. The maximum Gasteiger partial charge on any atom is 0.258 e. The van der Waals surface area contributed by atoms with E-state index in [9.17, 15) is 4.79 Å². The second-order valence-corrected chi connectivity index (χ2v) is 6.41. The third kappa shape index (κ3) is 2.95. The van der Waals surface area contributed by atoms with Gasteiger partial charge in [-0.3, -0.25) is 14.3 Å². The lowest BCUT2D eigenvalue weighted by molar-refractivity contribution is 0.327. The quantitative estimate of drug-likeness (QED) is 0.779. The Morgan fingerprint density at radius 1 is 1.41 bits per heavy atom. The van der Waals surface area contributed by atoms with E-state index < -0.39 is 0 Å². The lowest BCUT2D eigenvalue weighted by atomic mass is 10.1. The zero-order chi connectivity index (χ0) is 15.7. The van der Waals surface area contributed by atoms with E-state index in [1.165, 1.54) is 16.9 Å². The molecule has 3 aromatic rings. The van der Waals surface area contributed by atoms with Gasteiger partial charge in [-0.15, -0.1) is 11.3 Å². The fraction of sp³-hybridized carbons (Fsp3) is 0.400. The van der Waals surface area contributed by atoms with Gasteiger partial charge in [-0.05, 0) is 32.9 Å². The van der Waals surface area contributed by atoms with Crippen LogP contribution in [0.2, 0.25) is 0 Å². The molecule has 116 valence electrons. The normalized spacial score (nSPS) is 11.6. The maximum absolute atomic E-state index is 12.0. The Morgan fingerprint density at radius 2 is 2.23 bits per heavy atom. The number of likely N-dealkylation sites (N-methyl/N-ethyl adjacent to an activating group) is 1. The smallest absolute Gasteiger partial charge is 0.258 e. The number of aromatic nitrogens is 4. The molecule has 3 aromatic heterocycles. The van der Waals surface area contributed by atoms with E-state index in [2.05, 4.69) is 20.1 Å². The molecule has 0 saturated heterocycles. The lowest BCUT2D eigenvalue weighted by Crippen LogP contribution is -2.23. The summed E-state index contributed by atoms with van der Waals surface area (Å²) in [6.07, 6.45) is 2.69. The largest absolute Gasteiger partial charge is 0.300 e. The van der Waals surface area contributed by atoms with Crippen LogP contribution in [0.1, 0.15) is 22.6 Å². The average molecular weight is 317 g/mol. The summed E-state index contributed by atoms with van der Waals surface area (Å²) in [6, 6.07) is 1.62. The van der Waals surface area contributed by atoms with Gasteiger partial charge in [0.2, 0.25) is 0 Å². The molecule has 0 spiro atoms. The van der Waals surface area contributed by atoms with E-state index in [0.29, 0.717) is 6.54 Å². The van der Waals surface area contributed by atoms with Gasteiger partial charge in [0.15, 0.2) is 4.96 Å². The van der Waals surface area contributed by atoms with Crippen molar-refractivity contribution in [2.75, 3.05) is 13.6 Å². The molecule has 6 nitrogen and oxygen atoms in total. The van der Waals surface area contributed by atoms with Gasteiger partial charge in [0.05, 0.1) is 11.4 Å². The van der Waals surface area contributed by atoms with Crippen molar-refractivity contribution >= 4 is 16.3 Å². The van der Waals surface area contributed by atoms with Gasteiger partial charge in [-0.1, -0.05) is 0 Å². The molecule has 0 bridgehead atoms. The fourth-order valence-electron chi connectivity index (χ4n) is 2.57. The van der Waals surface area contributed by atoms with E-state index in [-0.39, 0.29) is 5.56 Å². The van der Waals surface area contributed by atoms with Crippen LogP contribution in [0.5, 0.6) is 0 Å². The summed E-state index contributed by atoms with van der Waals surface area (Å²) in [5, 5.41) is 9.11. The van der Waals surface area contributed by atoms with Crippen LogP contribution >= 0.6 is 11.3 Å². The second-order valence-electron chi connectivity index (χ2n) is 5.54. The highest BCUT2D eigenvalue weighted by Gasteiger charge is 2.10. The van der Waals surface area contributed by atoms with Gasteiger partial charge < -0.3 is 4.90 Å². The minimum Gasteiger partial charge on any atom is -0.300 e. The van der Waals surface area contributed by atoms with Crippen LogP contribution in [-0.2, 0) is 13.0 Å². The number of H-pyrrole nitrogens is 1. The van der Waals surface area contributed by atoms with Gasteiger partial charge in [-0.2, -0.15) is 5.10 Å². The molecule has 0 aliphatic heterocycles. The van der Waals surface area contributed by atoms with Crippen molar-refractivity contribution in [1.82, 2.24) is 24.5 Å². The molecule has 0 saturated carbocycles. The zero-order valence-electron chi connectivity index (χ0n) is 13.0. The fourth-order valence-corrected chi connectivity index (χ4v) is 3.31. The average Bonchev–Trinajstić information content (AvgIpc) is 3.05.